The van der Waals surface area contributed by atoms with E-state index in [1.165, 1.54) is 25.4 Å². The number of benzene rings is 1. The van der Waals surface area contributed by atoms with Crippen LogP contribution in [-0.2, 0) is 11.8 Å². The number of aromatic nitrogens is 3. The molecule has 184 valence electrons. The zero-order chi connectivity index (χ0) is 25.3. The van der Waals surface area contributed by atoms with E-state index in [2.05, 4.69) is 15.3 Å². The highest BCUT2D eigenvalue weighted by Gasteiger charge is 2.25. The molecule has 1 amide bonds. The van der Waals surface area contributed by atoms with Gasteiger partial charge >= 0.3 is 0 Å². The summed E-state index contributed by atoms with van der Waals surface area (Å²) in [6.45, 7) is 5.06. The Hall–Kier alpha value is -3.73. The molecular weight excluding hydrogens is 463 g/mol. The van der Waals surface area contributed by atoms with Crippen molar-refractivity contribution in [3.63, 3.8) is 0 Å². The summed E-state index contributed by atoms with van der Waals surface area (Å²) >= 11 is 0. The molecule has 1 fully saturated rings. The SMILES string of the molecule is C[C@@H]1CN(c2nccc(-c3cc(NC(=O)c4cn(C)c(=O)cc4C(F)F)ccc3F)n2)C[C@H](C)O1. The fourth-order valence-corrected chi connectivity index (χ4v) is 4.00. The minimum absolute atomic E-state index is 0.0168. The van der Waals surface area contributed by atoms with Gasteiger partial charge in [-0.3, -0.25) is 9.59 Å². The average Bonchev–Trinajstić information content (AvgIpc) is 2.81. The summed E-state index contributed by atoms with van der Waals surface area (Å²) in [6, 6.07) is 6.11. The first kappa shape index (κ1) is 24.4. The van der Waals surface area contributed by atoms with Gasteiger partial charge in [0, 0.05) is 55.4 Å². The Morgan fingerprint density at radius 3 is 2.57 bits per heavy atom. The van der Waals surface area contributed by atoms with Gasteiger partial charge in [-0.1, -0.05) is 0 Å². The van der Waals surface area contributed by atoms with Gasteiger partial charge in [0.1, 0.15) is 5.82 Å². The number of halogens is 3. The summed E-state index contributed by atoms with van der Waals surface area (Å²) in [5.41, 5.74) is -1.12. The normalized spacial score (nSPS) is 18.1. The van der Waals surface area contributed by atoms with Crippen LogP contribution in [0.15, 0.2) is 47.5 Å². The number of nitrogens with one attached hydrogen (secondary N) is 1. The summed E-state index contributed by atoms with van der Waals surface area (Å²) in [4.78, 5) is 35.3. The maximum absolute atomic E-state index is 14.7. The Balaban J connectivity index is 1.63. The Morgan fingerprint density at radius 2 is 1.89 bits per heavy atom. The van der Waals surface area contributed by atoms with Gasteiger partial charge < -0.3 is 19.5 Å². The largest absolute Gasteiger partial charge is 0.372 e. The second-order valence-electron chi connectivity index (χ2n) is 8.45. The number of anilines is 2. The number of hydrogen-bond donors (Lipinski definition) is 1. The molecule has 35 heavy (non-hydrogen) atoms. The first-order valence-corrected chi connectivity index (χ1v) is 11.0. The maximum Gasteiger partial charge on any atom is 0.264 e. The molecule has 1 aliphatic heterocycles. The molecular formula is C24H24F3N5O3. The molecule has 8 nitrogen and oxygen atoms in total. The topological polar surface area (TPSA) is 89.4 Å². The van der Waals surface area contributed by atoms with Crippen LogP contribution in [0.25, 0.3) is 11.3 Å². The number of morpholine rings is 1. The number of rotatable bonds is 5. The van der Waals surface area contributed by atoms with Crippen LogP contribution >= 0.6 is 0 Å². The number of nitrogens with zero attached hydrogens (tertiary/aromatic N) is 4. The Bertz CT molecular complexity index is 1300. The summed E-state index contributed by atoms with van der Waals surface area (Å²) in [7, 11) is 1.35. The third kappa shape index (κ3) is 5.35. The molecule has 1 saturated heterocycles. The van der Waals surface area contributed by atoms with Crippen molar-refractivity contribution in [3.8, 4) is 11.3 Å². The van der Waals surface area contributed by atoms with E-state index in [4.69, 9.17) is 4.74 Å². The second-order valence-corrected chi connectivity index (χ2v) is 8.45. The molecule has 0 radical (unpaired) electrons. The molecule has 3 heterocycles. The molecule has 2 aromatic heterocycles. The minimum atomic E-state index is -3.02. The molecule has 1 aromatic carbocycles. The van der Waals surface area contributed by atoms with Crippen LogP contribution < -0.4 is 15.8 Å². The number of ether oxygens (including phenoxy) is 1. The third-order valence-corrected chi connectivity index (χ3v) is 5.59. The van der Waals surface area contributed by atoms with Gasteiger partial charge in [-0.25, -0.2) is 23.1 Å². The van der Waals surface area contributed by atoms with Crippen molar-refractivity contribution in [2.45, 2.75) is 32.5 Å². The van der Waals surface area contributed by atoms with Crippen molar-refractivity contribution in [1.29, 1.82) is 0 Å². The first-order valence-electron chi connectivity index (χ1n) is 11.0. The zero-order valence-corrected chi connectivity index (χ0v) is 19.3. The van der Waals surface area contributed by atoms with Crippen LogP contribution in [0.5, 0.6) is 0 Å². The third-order valence-electron chi connectivity index (χ3n) is 5.59. The van der Waals surface area contributed by atoms with Gasteiger partial charge in [0.25, 0.3) is 17.9 Å². The summed E-state index contributed by atoms with van der Waals surface area (Å²) in [5.74, 6) is -1.01. The van der Waals surface area contributed by atoms with Crippen LogP contribution in [-0.4, -0.2) is 45.7 Å². The fraction of sp³-hybridized carbons (Fsp3) is 0.333. The van der Waals surface area contributed by atoms with E-state index < -0.39 is 29.3 Å². The number of hydrogen-bond acceptors (Lipinski definition) is 6. The predicted molar refractivity (Wildman–Crippen MR) is 124 cm³/mol. The van der Waals surface area contributed by atoms with Crippen LogP contribution in [0.3, 0.4) is 0 Å². The predicted octanol–water partition coefficient (Wildman–Crippen LogP) is 3.78. The summed E-state index contributed by atoms with van der Waals surface area (Å²) in [5, 5.41) is 2.50. The van der Waals surface area contributed by atoms with Gasteiger partial charge in [0.05, 0.1) is 23.5 Å². The van der Waals surface area contributed by atoms with Crippen LogP contribution in [0.4, 0.5) is 24.8 Å². The molecule has 3 aromatic rings. The number of aryl methyl sites for hydroxylation is 1. The van der Waals surface area contributed by atoms with Gasteiger partial charge in [0.15, 0.2) is 0 Å². The smallest absolute Gasteiger partial charge is 0.264 e. The highest BCUT2D eigenvalue weighted by atomic mass is 19.3. The molecule has 11 heteroatoms. The average molecular weight is 487 g/mol. The molecule has 1 aliphatic rings. The standard InChI is InChI=1S/C24H24F3N5O3/c1-13-10-32(11-14(2)35-13)24-28-7-6-20(30-24)17-8-15(4-5-19(17)25)29-23(34)18-12-31(3)21(33)9-16(18)22(26)27/h4-9,12-14,22H,10-11H2,1-3H3,(H,29,34)/t13-,14+. The summed E-state index contributed by atoms with van der Waals surface area (Å²) in [6.07, 6.45) is -0.482. The lowest BCUT2D eigenvalue weighted by Crippen LogP contribution is -2.46. The lowest BCUT2D eigenvalue weighted by molar-refractivity contribution is -0.00571. The van der Waals surface area contributed by atoms with Gasteiger partial charge in [-0.15, -0.1) is 0 Å². The van der Waals surface area contributed by atoms with E-state index in [0.717, 1.165) is 22.9 Å². The molecule has 0 aliphatic carbocycles. The van der Waals surface area contributed by atoms with Crippen molar-refractivity contribution in [3.05, 3.63) is 70.0 Å². The molecule has 2 atom stereocenters. The van der Waals surface area contributed by atoms with E-state index in [1.54, 1.807) is 6.07 Å². The van der Waals surface area contributed by atoms with Crippen molar-refractivity contribution in [1.82, 2.24) is 14.5 Å². The first-order chi connectivity index (χ1) is 16.6. The van der Waals surface area contributed by atoms with Crippen LogP contribution in [0.2, 0.25) is 0 Å². The van der Waals surface area contributed by atoms with Gasteiger partial charge in [-0.05, 0) is 38.1 Å². The highest BCUT2D eigenvalue weighted by molar-refractivity contribution is 6.05. The van der Waals surface area contributed by atoms with E-state index in [0.29, 0.717) is 24.7 Å². The molecule has 0 bridgehead atoms. The number of pyridine rings is 1. The Kier molecular flexibility index (Phi) is 6.88. The van der Waals surface area contributed by atoms with Crippen molar-refractivity contribution in [2.24, 2.45) is 7.05 Å². The van der Waals surface area contributed by atoms with Crippen molar-refractivity contribution >= 4 is 17.5 Å². The molecule has 0 unspecified atom stereocenters. The Labute approximate surface area is 199 Å². The van der Waals surface area contributed by atoms with Crippen molar-refractivity contribution in [2.75, 3.05) is 23.3 Å². The minimum Gasteiger partial charge on any atom is -0.372 e. The van der Waals surface area contributed by atoms with E-state index >= 15 is 0 Å². The van der Waals surface area contributed by atoms with E-state index in [-0.39, 0.29) is 29.0 Å². The number of amides is 1. The quantitative estimate of drug-likeness (QED) is 0.589. The van der Waals surface area contributed by atoms with Crippen molar-refractivity contribution < 1.29 is 22.7 Å². The van der Waals surface area contributed by atoms with E-state index in [1.807, 2.05) is 18.7 Å². The monoisotopic (exact) mass is 487 g/mol. The number of carbonyl (C=O) groups excluding carboxylic acids is 1. The van der Waals surface area contributed by atoms with Crippen LogP contribution in [0.1, 0.15) is 36.2 Å². The van der Waals surface area contributed by atoms with Crippen LogP contribution in [0, 0.1) is 5.82 Å². The molecule has 0 spiro atoms. The molecule has 4 rings (SSSR count). The fourth-order valence-electron chi connectivity index (χ4n) is 4.00. The van der Waals surface area contributed by atoms with E-state index in [9.17, 15) is 22.8 Å². The highest BCUT2D eigenvalue weighted by Crippen LogP contribution is 2.28. The summed E-state index contributed by atoms with van der Waals surface area (Å²) < 4.78 is 48.3. The molecule has 1 N–H and O–H groups in total. The maximum atomic E-state index is 14.7. The zero-order valence-electron chi connectivity index (χ0n) is 19.3. The number of alkyl halides is 2. The number of carbonyl (C=O) groups is 1. The lowest BCUT2D eigenvalue weighted by atomic mass is 10.1. The Morgan fingerprint density at radius 1 is 1.17 bits per heavy atom. The molecule has 0 saturated carbocycles. The second kappa shape index (κ2) is 9.87. The van der Waals surface area contributed by atoms with Gasteiger partial charge in [-0.2, -0.15) is 0 Å². The lowest BCUT2D eigenvalue weighted by Gasteiger charge is -2.35. The van der Waals surface area contributed by atoms with Gasteiger partial charge in [0.2, 0.25) is 5.95 Å².